The monoisotopic (exact) mass is 293 g/mol. The van der Waals surface area contributed by atoms with Gasteiger partial charge in [-0.2, -0.15) is 0 Å². The van der Waals surface area contributed by atoms with Crippen LogP contribution in [0.15, 0.2) is 18.2 Å². The highest BCUT2D eigenvalue weighted by molar-refractivity contribution is 5.78. The van der Waals surface area contributed by atoms with Gasteiger partial charge < -0.3 is 29.9 Å². The van der Waals surface area contributed by atoms with Crippen molar-refractivity contribution in [2.24, 2.45) is 0 Å². The van der Waals surface area contributed by atoms with Gasteiger partial charge in [-0.05, 0) is 29.3 Å². The molecule has 7 heteroatoms. The van der Waals surface area contributed by atoms with Crippen molar-refractivity contribution < 1.29 is 29.9 Å². The Morgan fingerprint density at radius 3 is 2.48 bits per heavy atom. The van der Waals surface area contributed by atoms with Gasteiger partial charge in [-0.3, -0.25) is 5.32 Å². The molecule has 1 aliphatic carbocycles. The molecule has 1 aromatic carbocycles. The fourth-order valence-electron chi connectivity index (χ4n) is 3.11. The predicted octanol–water partition coefficient (Wildman–Crippen LogP) is -1.14. The first kappa shape index (κ1) is 13.1. The van der Waals surface area contributed by atoms with E-state index in [9.17, 15) is 20.4 Å². The quantitative estimate of drug-likeness (QED) is 0.411. The molecule has 5 unspecified atom stereocenters. The van der Waals surface area contributed by atoms with Gasteiger partial charge in [0.05, 0.1) is 6.04 Å². The van der Waals surface area contributed by atoms with Crippen molar-refractivity contribution in [3.63, 3.8) is 0 Å². The molecule has 0 saturated carbocycles. The van der Waals surface area contributed by atoms with Crippen LogP contribution in [0.4, 0.5) is 0 Å². The van der Waals surface area contributed by atoms with E-state index in [1.54, 1.807) is 12.1 Å². The third-order valence-corrected chi connectivity index (χ3v) is 4.21. The lowest BCUT2D eigenvalue weighted by Gasteiger charge is -2.41. The molecule has 21 heavy (non-hydrogen) atoms. The van der Waals surface area contributed by atoms with Crippen molar-refractivity contribution in [1.29, 1.82) is 0 Å². The van der Waals surface area contributed by atoms with Crippen LogP contribution < -0.4 is 14.8 Å². The van der Waals surface area contributed by atoms with Gasteiger partial charge in [0.25, 0.3) is 0 Å². The molecule has 0 aromatic heterocycles. The second-order valence-electron chi connectivity index (χ2n) is 5.43. The lowest BCUT2D eigenvalue weighted by molar-refractivity contribution is -0.0622. The first-order chi connectivity index (χ1) is 10.1. The minimum atomic E-state index is -1.30. The van der Waals surface area contributed by atoms with Crippen LogP contribution in [-0.4, -0.2) is 51.6 Å². The third kappa shape index (κ3) is 1.79. The Morgan fingerprint density at radius 1 is 1.00 bits per heavy atom. The molecular formula is C14H15NO6. The summed E-state index contributed by atoms with van der Waals surface area (Å²) in [7, 11) is 0. The summed E-state index contributed by atoms with van der Waals surface area (Å²) in [5, 5.41) is 42.8. The molecule has 0 amide bonds. The molecule has 112 valence electrons. The zero-order chi connectivity index (χ0) is 14.7. The largest absolute Gasteiger partial charge is 0.454 e. The molecule has 2 heterocycles. The fourth-order valence-corrected chi connectivity index (χ4v) is 3.11. The lowest BCUT2D eigenvalue weighted by atomic mass is 9.79. The van der Waals surface area contributed by atoms with Crippen molar-refractivity contribution in [1.82, 2.24) is 5.32 Å². The number of benzene rings is 1. The maximum absolute atomic E-state index is 10.2. The van der Waals surface area contributed by atoms with Crippen molar-refractivity contribution >= 4 is 5.57 Å². The molecule has 0 bridgehead atoms. The van der Waals surface area contributed by atoms with Gasteiger partial charge in [0.1, 0.15) is 24.5 Å². The number of nitrogens with one attached hydrogen (secondary N) is 1. The number of ether oxygens (including phenoxy) is 2. The summed E-state index contributed by atoms with van der Waals surface area (Å²) in [5.41, 5.74) is 1.87. The molecule has 0 fully saturated rings. The summed E-state index contributed by atoms with van der Waals surface area (Å²) >= 11 is 0. The maximum Gasteiger partial charge on any atom is 0.231 e. The number of aliphatic hydroxyl groups is 4. The second-order valence-corrected chi connectivity index (χ2v) is 5.43. The number of aliphatic hydroxyl groups excluding tert-OH is 4. The summed E-state index contributed by atoms with van der Waals surface area (Å²) in [5.74, 6) is 1.10. The third-order valence-electron chi connectivity index (χ3n) is 4.21. The van der Waals surface area contributed by atoms with Crippen LogP contribution in [0.1, 0.15) is 17.4 Å². The van der Waals surface area contributed by atoms with Crippen LogP contribution >= 0.6 is 0 Å². The van der Waals surface area contributed by atoms with Gasteiger partial charge in [0.15, 0.2) is 11.5 Å². The number of rotatable bonds is 0. The standard InChI is InChI=1S/C14H15NO6/c16-8-1-6-5-2-9-10(21-4-20-9)3-7(5)14(19)15-11(6)13(18)12(8)17/h1-3,8,11-19H,4H2. The normalized spacial score (nSPS) is 36.8. The summed E-state index contributed by atoms with van der Waals surface area (Å²) in [6.07, 6.45) is -3.19. The van der Waals surface area contributed by atoms with Crippen molar-refractivity contribution in [3.05, 3.63) is 29.3 Å². The summed E-state index contributed by atoms with van der Waals surface area (Å²) < 4.78 is 10.6. The molecule has 7 nitrogen and oxygen atoms in total. The van der Waals surface area contributed by atoms with Gasteiger partial charge in [0.2, 0.25) is 6.79 Å². The van der Waals surface area contributed by atoms with E-state index in [0.29, 0.717) is 28.2 Å². The van der Waals surface area contributed by atoms with Crippen molar-refractivity contribution in [3.8, 4) is 11.5 Å². The predicted molar refractivity (Wildman–Crippen MR) is 70.4 cm³/mol. The molecule has 3 aliphatic rings. The Morgan fingerprint density at radius 2 is 1.71 bits per heavy atom. The summed E-state index contributed by atoms with van der Waals surface area (Å²) in [4.78, 5) is 0. The number of hydrogen-bond acceptors (Lipinski definition) is 7. The lowest BCUT2D eigenvalue weighted by Crippen LogP contribution is -2.56. The maximum atomic E-state index is 10.2. The first-order valence-electron chi connectivity index (χ1n) is 6.70. The van der Waals surface area contributed by atoms with E-state index in [1.165, 1.54) is 6.08 Å². The van der Waals surface area contributed by atoms with Gasteiger partial charge in [0, 0.05) is 5.56 Å². The number of fused-ring (bicyclic) bond motifs is 4. The average molecular weight is 293 g/mol. The average Bonchev–Trinajstić information content (AvgIpc) is 2.92. The number of hydrogen-bond donors (Lipinski definition) is 5. The highest BCUT2D eigenvalue weighted by Gasteiger charge is 2.43. The molecule has 2 aliphatic heterocycles. The SMILES string of the molecule is OC1NC2C(=CC(O)C(O)C2O)c2cc3c(cc21)OCO3. The molecule has 1 aromatic rings. The molecule has 4 rings (SSSR count). The topological polar surface area (TPSA) is 111 Å². The highest BCUT2D eigenvalue weighted by atomic mass is 16.7. The van der Waals surface area contributed by atoms with Gasteiger partial charge in [-0.25, -0.2) is 0 Å². The second kappa shape index (κ2) is 4.43. The van der Waals surface area contributed by atoms with E-state index >= 15 is 0 Å². The molecule has 0 radical (unpaired) electrons. The first-order valence-corrected chi connectivity index (χ1v) is 6.70. The minimum Gasteiger partial charge on any atom is -0.454 e. The van der Waals surface area contributed by atoms with Crippen LogP contribution in [-0.2, 0) is 0 Å². The molecular weight excluding hydrogens is 278 g/mol. The van der Waals surface area contributed by atoms with Gasteiger partial charge in [-0.15, -0.1) is 0 Å². The van der Waals surface area contributed by atoms with Crippen LogP contribution in [0, 0.1) is 0 Å². The zero-order valence-electron chi connectivity index (χ0n) is 10.9. The smallest absolute Gasteiger partial charge is 0.231 e. The van der Waals surface area contributed by atoms with Gasteiger partial charge in [-0.1, -0.05) is 0 Å². The van der Waals surface area contributed by atoms with Crippen molar-refractivity contribution in [2.75, 3.05) is 6.79 Å². The molecule has 0 saturated heterocycles. The Labute approximate surface area is 120 Å². The van der Waals surface area contributed by atoms with Crippen LogP contribution in [0.2, 0.25) is 0 Å². The van der Waals surface area contributed by atoms with Crippen LogP contribution in [0.3, 0.4) is 0 Å². The minimum absolute atomic E-state index is 0.119. The van der Waals surface area contributed by atoms with Crippen molar-refractivity contribution in [2.45, 2.75) is 30.6 Å². The van der Waals surface area contributed by atoms with E-state index < -0.39 is 30.6 Å². The molecule has 5 N–H and O–H groups in total. The Bertz CT molecular complexity index is 630. The van der Waals surface area contributed by atoms with E-state index in [4.69, 9.17) is 9.47 Å². The molecule has 0 spiro atoms. The fraction of sp³-hybridized carbons (Fsp3) is 0.429. The van der Waals surface area contributed by atoms with E-state index in [-0.39, 0.29) is 6.79 Å². The van der Waals surface area contributed by atoms with Crippen LogP contribution in [0.5, 0.6) is 11.5 Å². The van der Waals surface area contributed by atoms with E-state index in [2.05, 4.69) is 5.32 Å². The zero-order valence-corrected chi connectivity index (χ0v) is 10.9. The van der Waals surface area contributed by atoms with Gasteiger partial charge >= 0.3 is 0 Å². The summed E-state index contributed by atoms with van der Waals surface area (Å²) in [6.45, 7) is 0.119. The Balaban J connectivity index is 1.88. The van der Waals surface area contributed by atoms with Crippen LogP contribution in [0.25, 0.3) is 5.57 Å². The van der Waals surface area contributed by atoms with E-state index in [1.807, 2.05) is 0 Å². The summed E-state index contributed by atoms with van der Waals surface area (Å²) in [6, 6.07) is 2.74. The molecule has 5 atom stereocenters. The Kier molecular flexibility index (Phi) is 2.75. The highest BCUT2D eigenvalue weighted by Crippen LogP contribution is 2.43. The Hall–Kier alpha value is -1.64. The van der Waals surface area contributed by atoms with E-state index in [0.717, 1.165) is 0 Å².